The minimum atomic E-state index is -0.733. The fraction of sp³-hybridized carbons (Fsp3) is 0.875. The lowest BCUT2D eigenvalue weighted by Crippen LogP contribution is -2.24. The lowest BCUT2D eigenvalue weighted by atomic mass is 10.1. The normalized spacial score (nSPS) is 33.1. The number of ether oxygens (including phenoxy) is 1. The number of rotatable bonds is 2. The van der Waals surface area contributed by atoms with Crippen LogP contribution in [0.5, 0.6) is 0 Å². The van der Waals surface area contributed by atoms with Gasteiger partial charge in [0.15, 0.2) is 0 Å². The molecule has 0 aromatic rings. The van der Waals surface area contributed by atoms with E-state index >= 15 is 0 Å². The zero-order chi connectivity index (χ0) is 8.70. The van der Waals surface area contributed by atoms with Gasteiger partial charge in [-0.25, -0.2) is 0 Å². The van der Waals surface area contributed by atoms with Gasteiger partial charge in [0.05, 0.1) is 6.61 Å². The van der Waals surface area contributed by atoms with Crippen LogP contribution >= 0.6 is 11.6 Å². The summed E-state index contributed by atoms with van der Waals surface area (Å²) in [5, 5.41) is 0. The van der Waals surface area contributed by atoms with Crippen molar-refractivity contribution >= 4 is 17.6 Å². The number of esters is 1. The maximum absolute atomic E-state index is 11.2. The Kier molecular flexibility index (Phi) is 1.91. The van der Waals surface area contributed by atoms with Crippen molar-refractivity contribution in [1.82, 2.24) is 0 Å². The maximum atomic E-state index is 11.2. The maximum Gasteiger partial charge on any atom is 0.327 e. The Morgan fingerprint density at radius 1 is 1.64 bits per heavy atom. The molecule has 1 aliphatic carbocycles. The van der Waals surface area contributed by atoms with E-state index in [2.05, 4.69) is 0 Å². The van der Waals surface area contributed by atoms with E-state index in [9.17, 15) is 4.79 Å². The summed E-state index contributed by atoms with van der Waals surface area (Å²) in [5.74, 6) is -0.272. The average Bonchev–Trinajstić information content (AvgIpc) is 2.35. The summed E-state index contributed by atoms with van der Waals surface area (Å²) < 4.78 is 4.83. The molecule has 0 N–H and O–H groups in total. The van der Waals surface area contributed by atoms with Gasteiger partial charge in [0.25, 0.3) is 0 Å². The van der Waals surface area contributed by atoms with E-state index < -0.39 is 4.87 Å². The van der Waals surface area contributed by atoms with Crippen molar-refractivity contribution in [3.63, 3.8) is 0 Å². The predicted molar refractivity (Wildman–Crippen MR) is 43.6 cm³/mol. The molecule has 1 aliphatic rings. The van der Waals surface area contributed by atoms with Crippen molar-refractivity contribution in [2.45, 2.75) is 32.1 Å². The van der Waals surface area contributed by atoms with Crippen LogP contribution in [0.2, 0.25) is 0 Å². The van der Waals surface area contributed by atoms with Crippen molar-refractivity contribution in [3.8, 4) is 0 Å². The summed E-state index contributed by atoms with van der Waals surface area (Å²) in [4.78, 5) is 10.5. The van der Waals surface area contributed by atoms with Crippen molar-refractivity contribution in [1.29, 1.82) is 0 Å². The van der Waals surface area contributed by atoms with Crippen LogP contribution < -0.4 is 0 Å². The van der Waals surface area contributed by atoms with Crippen LogP contribution in [0.3, 0.4) is 0 Å². The Bertz CT molecular complexity index is 189. The van der Waals surface area contributed by atoms with Crippen LogP contribution in [0.15, 0.2) is 0 Å². The van der Waals surface area contributed by atoms with E-state index in [1.165, 1.54) is 0 Å². The highest BCUT2D eigenvalue weighted by molar-refractivity contribution is 6.37. The van der Waals surface area contributed by atoms with Crippen molar-refractivity contribution in [3.05, 3.63) is 0 Å². The first-order valence-corrected chi connectivity index (χ1v) is 4.18. The second-order valence-corrected chi connectivity index (χ2v) is 4.23. The summed E-state index contributed by atoms with van der Waals surface area (Å²) in [6.45, 7) is 6.13. The fourth-order valence-corrected chi connectivity index (χ4v) is 1.55. The van der Waals surface area contributed by atoms with E-state index in [4.69, 9.17) is 16.3 Å². The molecule has 1 unspecified atom stereocenters. The quantitative estimate of drug-likeness (QED) is 0.475. The summed E-state index contributed by atoms with van der Waals surface area (Å²) in [5.41, 5.74) is -0.0825. The molecule has 2 nitrogen and oxygen atoms in total. The van der Waals surface area contributed by atoms with Crippen molar-refractivity contribution in [2.75, 3.05) is 6.61 Å². The third-order valence-electron chi connectivity index (χ3n) is 2.23. The molecule has 1 atom stereocenters. The molecule has 1 saturated carbocycles. The summed E-state index contributed by atoms with van der Waals surface area (Å²) in [6.07, 6.45) is 0.723. The van der Waals surface area contributed by atoms with Gasteiger partial charge in [0, 0.05) is 0 Å². The third kappa shape index (κ3) is 1.24. The number of carbonyl (C=O) groups excluding carboxylic acids is 1. The van der Waals surface area contributed by atoms with Crippen molar-refractivity contribution in [2.24, 2.45) is 5.41 Å². The van der Waals surface area contributed by atoms with Crippen LogP contribution in [0.25, 0.3) is 0 Å². The van der Waals surface area contributed by atoms with E-state index in [0.29, 0.717) is 6.61 Å². The van der Waals surface area contributed by atoms with Gasteiger partial charge in [-0.1, -0.05) is 13.8 Å². The fourth-order valence-electron chi connectivity index (χ4n) is 1.16. The number of hydrogen-bond donors (Lipinski definition) is 0. The molecule has 0 aliphatic heterocycles. The molecule has 0 aromatic heterocycles. The lowest BCUT2D eigenvalue weighted by Gasteiger charge is -2.10. The number of hydrogen-bond acceptors (Lipinski definition) is 2. The van der Waals surface area contributed by atoms with Crippen LogP contribution in [0, 0.1) is 5.41 Å². The molecule has 1 rings (SSSR count). The smallest absolute Gasteiger partial charge is 0.327 e. The lowest BCUT2D eigenvalue weighted by molar-refractivity contribution is -0.144. The van der Waals surface area contributed by atoms with Gasteiger partial charge in [0.1, 0.15) is 4.87 Å². The first-order valence-electron chi connectivity index (χ1n) is 3.80. The largest absolute Gasteiger partial charge is 0.465 e. The summed E-state index contributed by atoms with van der Waals surface area (Å²) in [7, 11) is 0. The minimum absolute atomic E-state index is 0.0825. The summed E-state index contributed by atoms with van der Waals surface area (Å²) >= 11 is 5.99. The molecule has 0 saturated heterocycles. The standard InChI is InChI=1S/C8H13ClO2/c1-4-11-6(10)8(9)5-7(8,2)3/h4-5H2,1-3H3. The Hall–Kier alpha value is -0.240. The van der Waals surface area contributed by atoms with Gasteiger partial charge in [-0.2, -0.15) is 0 Å². The molecule has 64 valence electrons. The van der Waals surface area contributed by atoms with E-state index in [0.717, 1.165) is 6.42 Å². The topological polar surface area (TPSA) is 26.3 Å². The second-order valence-electron chi connectivity index (χ2n) is 3.58. The van der Waals surface area contributed by atoms with E-state index in [1.807, 2.05) is 13.8 Å². The van der Waals surface area contributed by atoms with E-state index in [1.54, 1.807) is 6.92 Å². The molecule has 0 spiro atoms. The predicted octanol–water partition coefficient (Wildman–Crippen LogP) is 1.96. The molecule has 1 fully saturated rings. The van der Waals surface area contributed by atoms with Gasteiger partial charge in [-0.3, -0.25) is 4.79 Å². The van der Waals surface area contributed by atoms with Gasteiger partial charge in [-0.05, 0) is 18.8 Å². The van der Waals surface area contributed by atoms with Crippen LogP contribution in [-0.2, 0) is 9.53 Å². The molecule has 0 aromatic carbocycles. The monoisotopic (exact) mass is 176 g/mol. The Morgan fingerprint density at radius 2 is 2.09 bits per heavy atom. The Morgan fingerprint density at radius 3 is 2.36 bits per heavy atom. The van der Waals surface area contributed by atoms with Gasteiger partial charge in [0.2, 0.25) is 0 Å². The number of halogens is 1. The molecular formula is C8H13ClO2. The Balaban J connectivity index is 2.57. The highest BCUT2D eigenvalue weighted by Crippen LogP contribution is 2.61. The number of alkyl halides is 1. The number of carbonyl (C=O) groups is 1. The first kappa shape index (κ1) is 8.85. The first-order chi connectivity index (χ1) is 4.94. The molecule has 0 bridgehead atoms. The van der Waals surface area contributed by atoms with E-state index in [-0.39, 0.29) is 11.4 Å². The van der Waals surface area contributed by atoms with Gasteiger partial charge in [-0.15, -0.1) is 11.6 Å². The molecule has 11 heavy (non-hydrogen) atoms. The second kappa shape index (κ2) is 2.37. The highest BCUT2D eigenvalue weighted by Gasteiger charge is 2.66. The average molecular weight is 177 g/mol. The van der Waals surface area contributed by atoms with Crippen LogP contribution in [-0.4, -0.2) is 17.5 Å². The minimum Gasteiger partial charge on any atom is -0.465 e. The molecular weight excluding hydrogens is 164 g/mol. The zero-order valence-electron chi connectivity index (χ0n) is 7.11. The Labute approximate surface area is 71.9 Å². The van der Waals surface area contributed by atoms with Crippen LogP contribution in [0.1, 0.15) is 27.2 Å². The third-order valence-corrected chi connectivity index (χ3v) is 3.03. The van der Waals surface area contributed by atoms with Gasteiger partial charge < -0.3 is 4.74 Å². The summed E-state index contributed by atoms with van der Waals surface area (Å²) in [6, 6.07) is 0. The zero-order valence-corrected chi connectivity index (χ0v) is 7.86. The molecule has 0 amide bonds. The molecule has 0 heterocycles. The van der Waals surface area contributed by atoms with Crippen molar-refractivity contribution < 1.29 is 9.53 Å². The molecule has 3 heteroatoms. The highest BCUT2D eigenvalue weighted by atomic mass is 35.5. The SMILES string of the molecule is CCOC(=O)C1(Cl)CC1(C)C. The van der Waals surface area contributed by atoms with Gasteiger partial charge >= 0.3 is 5.97 Å². The molecule has 0 radical (unpaired) electrons. The van der Waals surface area contributed by atoms with Crippen LogP contribution in [0.4, 0.5) is 0 Å².